The first-order chi connectivity index (χ1) is 30.6. The molecule has 0 unspecified atom stereocenters. The zero-order valence-corrected chi connectivity index (χ0v) is 36.0. The van der Waals surface area contributed by atoms with E-state index in [2.05, 4.69) is 213 Å². The fourth-order valence-electron chi connectivity index (χ4n) is 9.43. The van der Waals surface area contributed by atoms with Gasteiger partial charge in [0.1, 0.15) is 16.7 Å². The Kier molecular flexibility index (Phi) is 9.38. The zero-order valence-electron chi connectivity index (χ0n) is 34.2. The number of hydrogen-bond donors (Lipinski definition) is 0. The molecule has 0 aliphatic carbocycles. The van der Waals surface area contributed by atoms with Crippen LogP contribution in [0.3, 0.4) is 0 Å². The van der Waals surface area contributed by atoms with Crippen LogP contribution < -0.4 is 29.3 Å². The number of anilines is 8. The molecular formula is C55H43N4OP2+. The third kappa shape index (κ3) is 5.92. The summed E-state index contributed by atoms with van der Waals surface area (Å²) >= 11 is 0. The fraction of sp³-hybridized carbons (Fsp3) is 0.0182. The topological polar surface area (TPSA) is 30.0 Å². The van der Waals surface area contributed by atoms with Crippen molar-refractivity contribution >= 4 is 71.1 Å². The molecule has 2 aliphatic rings. The van der Waals surface area contributed by atoms with E-state index >= 15 is 4.57 Å². The highest BCUT2D eigenvalue weighted by Gasteiger charge is 2.60. The fourth-order valence-corrected chi connectivity index (χ4v) is 16.7. The minimum atomic E-state index is -3.89. The van der Waals surface area contributed by atoms with E-state index in [1.165, 1.54) is 0 Å². The Hall–Kier alpha value is -7.16. The Morgan fingerprint density at radius 1 is 0.355 bits per heavy atom. The molecular weight excluding hydrogens is 795 g/mol. The Morgan fingerprint density at radius 2 is 0.677 bits per heavy atom. The van der Waals surface area contributed by atoms with Crippen LogP contribution in [0.2, 0.25) is 0 Å². The number of hydrogen-bond acceptors (Lipinski definition) is 3. The zero-order chi connectivity index (χ0) is 41.7. The molecule has 2 heterocycles. The van der Waals surface area contributed by atoms with Crippen LogP contribution in [-0.4, -0.2) is 6.66 Å². The summed E-state index contributed by atoms with van der Waals surface area (Å²) in [5.74, 6) is 0. The van der Waals surface area contributed by atoms with E-state index in [1.54, 1.807) is 0 Å². The van der Waals surface area contributed by atoms with Crippen LogP contribution in [-0.2, 0) is 4.57 Å². The summed E-state index contributed by atoms with van der Waals surface area (Å²) in [5.41, 5.74) is 12.1. The van der Waals surface area contributed by atoms with Crippen LogP contribution in [0.5, 0.6) is 0 Å². The minimum Gasteiger partial charge on any atom is -0.270 e. The molecule has 2 aliphatic heterocycles. The smallest absolute Gasteiger partial charge is 0.270 e. The van der Waals surface area contributed by atoms with Gasteiger partial charge in [0.05, 0.1) is 34.7 Å². The summed E-state index contributed by atoms with van der Waals surface area (Å²) in [6, 6.07) is 85.0. The molecule has 0 radical (unpaired) electrons. The van der Waals surface area contributed by atoms with Crippen LogP contribution in [0.25, 0.3) is 22.3 Å². The lowest BCUT2D eigenvalue weighted by Crippen LogP contribution is -2.36. The molecule has 0 saturated carbocycles. The number of rotatable bonds is 8. The molecule has 9 aromatic carbocycles. The van der Waals surface area contributed by atoms with Crippen LogP contribution in [0.1, 0.15) is 0 Å². The van der Waals surface area contributed by atoms with Crippen molar-refractivity contribution in [1.29, 1.82) is 0 Å². The standard InChI is InChI=1S/C55H43N4OP2/c1-61(56(44-28-12-4-13-29-44)50-36-20-21-37-51(50)57(61)45-30-14-5-15-31-45)54-41-55(49(43-26-10-3-11-27-43)40-48(54)42-24-8-2-9-25-42)62(60)58(46-32-16-6-17-33-46)52-38-22-23-39-53(52)59(62)47-34-18-7-19-35-47/h2-41H,1H3/q+1. The first-order valence-corrected chi connectivity index (χ1v) is 24.7. The van der Waals surface area contributed by atoms with Gasteiger partial charge in [-0.05, 0) is 95.6 Å². The van der Waals surface area contributed by atoms with E-state index in [9.17, 15) is 0 Å². The van der Waals surface area contributed by atoms with Gasteiger partial charge in [-0.2, -0.15) is 9.34 Å². The number of benzene rings is 9. The predicted octanol–water partition coefficient (Wildman–Crippen LogP) is 14.9. The maximum Gasteiger partial charge on any atom is 0.302 e. The number of nitrogens with zero attached hydrogens (tertiary/aromatic N) is 4. The van der Waals surface area contributed by atoms with Crippen molar-refractivity contribution in [3.63, 3.8) is 0 Å². The second-order valence-electron chi connectivity index (χ2n) is 15.6. The van der Waals surface area contributed by atoms with Gasteiger partial charge in [-0.25, -0.2) is 0 Å². The molecule has 0 atom stereocenters. The molecule has 0 N–H and O–H groups in total. The number of fused-ring (bicyclic) bond motifs is 2. The van der Waals surface area contributed by atoms with Gasteiger partial charge in [0, 0.05) is 23.0 Å². The number of para-hydroxylation sites is 8. The maximum atomic E-state index is 17.8. The summed E-state index contributed by atoms with van der Waals surface area (Å²) in [6.07, 6.45) is 0. The Labute approximate surface area is 364 Å². The first-order valence-electron chi connectivity index (χ1n) is 20.9. The van der Waals surface area contributed by atoms with E-state index < -0.39 is 15.0 Å². The highest BCUT2D eigenvalue weighted by Crippen LogP contribution is 2.77. The molecule has 9 aromatic rings. The molecule has 298 valence electrons. The van der Waals surface area contributed by atoms with Gasteiger partial charge in [0.2, 0.25) is 7.56 Å². The lowest BCUT2D eigenvalue weighted by Gasteiger charge is -2.38. The highest BCUT2D eigenvalue weighted by molar-refractivity contribution is 7.86. The summed E-state index contributed by atoms with van der Waals surface area (Å²) in [5, 5.41) is 1.88. The molecule has 0 saturated heterocycles. The molecule has 0 aromatic heterocycles. The van der Waals surface area contributed by atoms with E-state index in [0.29, 0.717) is 0 Å². The van der Waals surface area contributed by atoms with E-state index in [1.807, 2.05) is 54.6 Å². The summed E-state index contributed by atoms with van der Waals surface area (Å²) < 4.78 is 27.2. The average molecular weight is 838 g/mol. The second kappa shape index (κ2) is 15.4. The van der Waals surface area contributed by atoms with Gasteiger partial charge in [-0.1, -0.05) is 158 Å². The maximum absolute atomic E-state index is 17.8. The largest absolute Gasteiger partial charge is 0.302 e. The van der Waals surface area contributed by atoms with Crippen LogP contribution >= 0.6 is 15.0 Å². The van der Waals surface area contributed by atoms with Gasteiger partial charge >= 0.3 is 7.44 Å². The van der Waals surface area contributed by atoms with Crippen molar-refractivity contribution in [3.05, 3.63) is 243 Å². The third-order valence-electron chi connectivity index (χ3n) is 12.1. The van der Waals surface area contributed by atoms with Gasteiger partial charge in [-0.3, -0.25) is 13.9 Å². The summed E-state index contributed by atoms with van der Waals surface area (Å²) in [4.78, 5) is 0. The molecule has 0 fully saturated rings. The highest BCUT2D eigenvalue weighted by atomic mass is 31.2. The monoisotopic (exact) mass is 837 g/mol. The van der Waals surface area contributed by atoms with Crippen molar-refractivity contribution in [3.8, 4) is 22.3 Å². The second-order valence-corrected chi connectivity index (χ2v) is 21.1. The Morgan fingerprint density at radius 3 is 1.08 bits per heavy atom. The average Bonchev–Trinajstić information content (AvgIpc) is 3.78. The van der Waals surface area contributed by atoms with E-state index in [4.69, 9.17) is 0 Å². The van der Waals surface area contributed by atoms with Crippen molar-refractivity contribution < 1.29 is 4.57 Å². The van der Waals surface area contributed by atoms with Gasteiger partial charge < -0.3 is 0 Å². The third-order valence-corrected chi connectivity index (χ3v) is 18.8. The SMILES string of the molecule is C[P+]1(c2cc(P3(=O)N(c4ccccc4)c4ccccc4N3c3ccccc3)c(-c3ccccc3)cc2-c2ccccc2)N(c2ccccc2)c2ccccc2N1c1ccccc1. The van der Waals surface area contributed by atoms with Gasteiger partial charge in [-0.15, -0.1) is 0 Å². The molecule has 7 heteroatoms. The van der Waals surface area contributed by atoms with Crippen molar-refractivity contribution in [2.24, 2.45) is 0 Å². The summed E-state index contributed by atoms with van der Waals surface area (Å²) in [6.45, 7) is 2.43. The first kappa shape index (κ1) is 37.8. The van der Waals surface area contributed by atoms with Crippen LogP contribution in [0.15, 0.2) is 243 Å². The van der Waals surface area contributed by atoms with Crippen LogP contribution in [0.4, 0.5) is 45.5 Å². The van der Waals surface area contributed by atoms with E-state index in [-0.39, 0.29) is 0 Å². The quantitative estimate of drug-likeness (QED) is 0.142. The van der Waals surface area contributed by atoms with Crippen LogP contribution in [0, 0.1) is 0 Å². The van der Waals surface area contributed by atoms with E-state index in [0.717, 1.165) is 78.4 Å². The molecule has 62 heavy (non-hydrogen) atoms. The normalized spacial score (nSPS) is 14.7. The van der Waals surface area contributed by atoms with Crippen molar-refractivity contribution in [2.45, 2.75) is 0 Å². The van der Waals surface area contributed by atoms with Gasteiger partial charge in [0.15, 0.2) is 0 Å². The molecule has 11 rings (SSSR count). The Balaban J connectivity index is 1.31. The lowest BCUT2D eigenvalue weighted by molar-refractivity contribution is 0.582. The lowest BCUT2D eigenvalue weighted by atomic mass is 9.99. The van der Waals surface area contributed by atoms with Crippen molar-refractivity contribution in [1.82, 2.24) is 0 Å². The molecule has 5 nitrogen and oxygen atoms in total. The molecule has 0 spiro atoms. The molecule has 0 amide bonds. The Bertz CT molecular complexity index is 2940. The van der Waals surface area contributed by atoms with Crippen molar-refractivity contribution in [2.75, 3.05) is 25.3 Å². The minimum absolute atomic E-state index is 0.764. The molecule has 0 bridgehead atoms. The van der Waals surface area contributed by atoms with Gasteiger partial charge in [0.25, 0.3) is 0 Å². The summed E-state index contributed by atoms with van der Waals surface area (Å²) in [7, 11) is -6.67. The predicted molar refractivity (Wildman–Crippen MR) is 264 cm³/mol.